The quantitative estimate of drug-likeness (QED) is 0.468. The topological polar surface area (TPSA) is 130 Å². The zero-order valence-electron chi connectivity index (χ0n) is 23.4. The molecule has 4 atom stereocenters. The lowest BCUT2D eigenvalue weighted by Crippen LogP contribution is -2.61. The first-order valence-corrected chi connectivity index (χ1v) is 14.0. The summed E-state index contributed by atoms with van der Waals surface area (Å²) in [6.07, 6.45) is 7.48. The van der Waals surface area contributed by atoms with Crippen LogP contribution >= 0.6 is 0 Å². The van der Waals surface area contributed by atoms with Crippen molar-refractivity contribution in [2.45, 2.75) is 77.6 Å². The van der Waals surface area contributed by atoms with Gasteiger partial charge >= 0.3 is 5.97 Å². The summed E-state index contributed by atoms with van der Waals surface area (Å²) in [7, 11) is 0. The third-order valence-corrected chi connectivity index (χ3v) is 8.04. The molecule has 3 heterocycles. The molecule has 1 saturated heterocycles. The molecule has 2 aromatic rings. The number of rotatable bonds is 1. The summed E-state index contributed by atoms with van der Waals surface area (Å²) in [4.78, 5) is 57.4. The van der Waals surface area contributed by atoms with Crippen molar-refractivity contribution in [1.82, 2.24) is 26.1 Å². The van der Waals surface area contributed by atoms with Gasteiger partial charge in [0.2, 0.25) is 11.8 Å². The van der Waals surface area contributed by atoms with E-state index in [1.165, 1.54) is 5.01 Å². The summed E-state index contributed by atoms with van der Waals surface area (Å²) in [5, 5.41) is 8.95. The van der Waals surface area contributed by atoms with Crippen molar-refractivity contribution in [3.63, 3.8) is 0 Å². The van der Waals surface area contributed by atoms with Crippen LogP contribution in [0.2, 0.25) is 0 Å². The van der Waals surface area contributed by atoms with Crippen LogP contribution in [0.5, 0.6) is 0 Å². The fraction of sp³-hybridized carbons (Fsp3) is 0.500. The maximum absolute atomic E-state index is 13.3. The predicted molar refractivity (Wildman–Crippen MR) is 149 cm³/mol. The second kappa shape index (κ2) is 11.0. The molecule has 5 bridgehead atoms. The molecule has 212 valence electrons. The standard InChI is InChI=1S/C30H37N5O5/c1-17(2)25-26(36)32-18(3)27(37)35-13-5-6-24(34-35)28(38)40-19(4)20-7-8-21-16-31-23(15-22(21)14-20)9-10-30(11-12-30)29(39)33-25/h7-10,14-19,24-25,34H,5-6,11-13H2,1-4H3,(H,32,36)(H,33,39)/t18-,19+,24-,25-/m0/s1. The Balaban J connectivity index is 1.48. The zero-order chi connectivity index (χ0) is 28.6. The van der Waals surface area contributed by atoms with Gasteiger partial charge in [0.1, 0.15) is 24.2 Å². The molecule has 1 spiro atoms. The molecule has 3 amide bonds. The van der Waals surface area contributed by atoms with E-state index in [4.69, 9.17) is 4.74 Å². The maximum atomic E-state index is 13.3. The number of hydrogen-bond acceptors (Lipinski definition) is 7. The monoisotopic (exact) mass is 547 g/mol. The summed E-state index contributed by atoms with van der Waals surface area (Å²) in [5.74, 6) is -1.64. The number of nitrogens with one attached hydrogen (secondary N) is 3. The number of carbonyl (C=O) groups excluding carboxylic acids is 4. The Morgan fingerprint density at radius 3 is 2.55 bits per heavy atom. The molecule has 10 nitrogen and oxygen atoms in total. The molecule has 3 aliphatic rings. The first kappa shape index (κ1) is 27.8. The van der Waals surface area contributed by atoms with Gasteiger partial charge in [-0.2, -0.15) is 0 Å². The Kier molecular flexibility index (Phi) is 7.63. The highest BCUT2D eigenvalue weighted by atomic mass is 16.5. The minimum atomic E-state index is -0.861. The first-order chi connectivity index (χ1) is 19.1. The van der Waals surface area contributed by atoms with Crippen LogP contribution in [0.3, 0.4) is 0 Å². The molecular weight excluding hydrogens is 510 g/mol. The van der Waals surface area contributed by atoms with Crippen LogP contribution in [0.15, 0.2) is 36.5 Å². The minimum absolute atomic E-state index is 0.196. The van der Waals surface area contributed by atoms with Crippen molar-refractivity contribution < 1.29 is 23.9 Å². The molecule has 1 aliphatic carbocycles. The van der Waals surface area contributed by atoms with Gasteiger partial charge in [-0.15, -0.1) is 0 Å². The molecule has 0 radical (unpaired) electrons. The van der Waals surface area contributed by atoms with Crippen LogP contribution in [0.1, 0.15) is 70.7 Å². The van der Waals surface area contributed by atoms with Gasteiger partial charge in [0.15, 0.2) is 0 Å². The minimum Gasteiger partial charge on any atom is -0.457 e. The molecule has 5 rings (SSSR count). The van der Waals surface area contributed by atoms with Gasteiger partial charge < -0.3 is 15.4 Å². The largest absolute Gasteiger partial charge is 0.457 e. The van der Waals surface area contributed by atoms with Crippen LogP contribution in [-0.2, 0) is 23.9 Å². The van der Waals surface area contributed by atoms with E-state index in [9.17, 15) is 19.2 Å². The van der Waals surface area contributed by atoms with Crippen LogP contribution in [0.4, 0.5) is 0 Å². The Morgan fingerprint density at radius 2 is 1.82 bits per heavy atom. The van der Waals surface area contributed by atoms with Crippen LogP contribution in [0, 0.1) is 11.3 Å². The average molecular weight is 548 g/mol. The number of hydrogen-bond donors (Lipinski definition) is 3. The molecule has 3 N–H and O–H groups in total. The summed E-state index contributed by atoms with van der Waals surface area (Å²) in [6, 6.07) is 5.42. The van der Waals surface area contributed by atoms with Crippen LogP contribution in [0.25, 0.3) is 16.8 Å². The van der Waals surface area contributed by atoms with Gasteiger partial charge in [0, 0.05) is 18.1 Å². The van der Waals surface area contributed by atoms with E-state index in [0.717, 1.165) is 16.3 Å². The molecule has 40 heavy (non-hydrogen) atoms. The van der Waals surface area contributed by atoms with E-state index in [2.05, 4.69) is 21.0 Å². The van der Waals surface area contributed by atoms with Crippen molar-refractivity contribution in [2.75, 3.05) is 6.54 Å². The zero-order valence-corrected chi connectivity index (χ0v) is 23.4. The molecule has 1 aromatic heterocycles. The lowest BCUT2D eigenvalue weighted by molar-refractivity contribution is -0.157. The number of esters is 1. The summed E-state index contributed by atoms with van der Waals surface area (Å²) >= 11 is 0. The Labute approximate surface area is 233 Å². The number of nitrogens with zero attached hydrogens (tertiary/aromatic N) is 2. The SMILES string of the molecule is CC(C)[C@@H]1NC(=O)C2(C=Cc3cc4cc(ccc4cn3)[C@@H](C)OC(=O)[C@@H]3CCCN(N3)C(=O)[C@H](C)NC1=O)CC2. The number of fused-ring (bicyclic) bond motifs is 4. The second-order valence-electron chi connectivity index (χ2n) is 11.5. The number of hydrazine groups is 1. The number of benzene rings is 1. The van der Waals surface area contributed by atoms with Crippen molar-refractivity contribution in [3.05, 3.63) is 47.8 Å². The van der Waals surface area contributed by atoms with Gasteiger partial charge in [-0.1, -0.05) is 32.1 Å². The fourth-order valence-electron chi connectivity index (χ4n) is 5.23. The number of cyclic esters (lactones) is 1. The van der Waals surface area contributed by atoms with Gasteiger partial charge in [-0.25, -0.2) is 5.43 Å². The highest BCUT2D eigenvalue weighted by Gasteiger charge is 2.48. The van der Waals surface area contributed by atoms with Crippen LogP contribution < -0.4 is 16.1 Å². The lowest BCUT2D eigenvalue weighted by Gasteiger charge is -2.35. The van der Waals surface area contributed by atoms with E-state index < -0.39 is 41.5 Å². The predicted octanol–water partition coefficient (Wildman–Crippen LogP) is 2.79. The van der Waals surface area contributed by atoms with Gasteiger partial charge in [0.25, 0.3) is 5.91 Å². The van der Waals surface area contributed by atoms with E-state index >= 15 is 0 Å². The van der Waals surface area contributed by atoms with Gasteiger partial charge in [-0.05, 0) is 74.6 Å². The maximum Gasteiger partial charge on any atom is 0.325 e. The number of carbonyl (C=O) groups is 4. The van der Waals surface area contributed by atoms with Crippen molar-refractivity contribution in [3.8, 4) is 0 Å². The number of pyridine rings is 1. The number of ether oxygens (including phenoxy) is 1. The van der Waals surface area contributed by atoms with Crippen molar-refractivity contribution >= 4 is 40.5 Å². The highest BCUT2D eigenvalue weighted by Crippen LogP contribution is 2.48. The molecule has 1 saturated carbocycles. The van der Waals surface area contributed by atoms with Crippen molar-refractivity contribution in [1.29, 1.82) is 0 Å². The Hall–Kier alpha value is -3.79. The third kappa shape index (κ3) is 5.72. The van der Waals surface area contributed by atoms with Crippen LogP contribution in [-0.4, -0.2) is 58.4 Å². The molecule has 1 aromatic carbocycles. The molecule has 2 aliphatic heterocycles. The third-order valence-electron chi connectivity index (χ3n) is 8.04. The normalized spacial score (nSPS) is 27.5. The van der Waals surface area contributed by atoms with E-state index in [1.807, 2.05) is 57.2 Å². The van der Waals surface area contributed by atoms with E-state index in [0.29, 0.717) is 37.9 Å². The molecular formula is C30H37N5O5. The summed E-state index contributed by atoms with van der Waals surface area (Å²) in [6.45, 7) is 7.52. The summed E-state index contributed by atoms with van der Waals surface area (Å²) in [5.41, 5.74) is 3.84. The van der Waals surface area contributed by atoms with Gasteiger partial charge in [-0.3, -0.25) is 29.2 Å². The number of aromatic nitrogens is 1. The van der Waals surface area contributed by atoms with Crippen molar-refractivity contribution in [2.24, 2.45) is 11.3 Å². The van der Waals surface area contributed by atoms with Gasteiger partial charge in [0.05, 0.1) is 11.1 Å². The smallest absolute Gasteiger partial charge is 0.325 e. The molecule has 2 fully saturated rings. The fourth-order valence-corrected chi connectivity index (χ4v) is 5.23. The lowest BCUT2D eigenvalue weighted by atomic mass is 9.99. The Bertz CT molecular complexity index is 1370. The molecule has 0 unspecified atom stereocenters. The Morgan fingerprint density at radius 1 is 1.05 bits per heavy atom. The van der Waals surface area contributed by atoms with E-state index in [-0.39, 0.29) is 17.7 Å². The average Bonchev–Trinajstić information content (AvgIpc) is 3.74. The summed E-state index contributed by atoms with van der Waals surface area (Å²) < 4.78 is 5.80. The number of amides is 3. The molecule has 10 heteroatoms. The highest BCUT2D eigenvalue weighted by molar-refractivity contribution is 5.95. The first-order valence-electron chi connectivity index (χ1n) is 14.0. The van der Waals surface area contributed by atoms with E-state index in [1.54, 1.807) is 13.1 Å². The second-order valence-corrected chi connectivity index (χ2v) is 11.5.